The summed E-state index contributed by atoms with van der Waals surface area (Å²) in [5, 5.41) is 9.29. The number of anilines is 1. The average molecular weight is 336 g/mol. The highest BCUT2D eigenvalue weighted by atomic mass is 35.5. The Kier molecular flexibility index (Phi) is 4.31. The molecule has 1 aromatic heterocycles. The molecule has 2 heterocycles. The van der Waals surface area contributed by atoms with Gasteiger partial charge in [0.1, 0.15) is 5.76 Å². The van der Waals surface area contributed by atoms with Crippen molar-refractivity contribution in [3.05, 3.63) is 45.8 Å². The Morgan fingerprint density at radius 3 is 2.91 bits per heavy atom. The van der Waals surface area contributed by atoms with Crippen molar-refractivity contribution in [3.63, 3.8) is 0 Å². The molecule has 0 radical (unpaired) electrons. The highest BCUT2D eigenvalue weighted by molar-refractivity contribution is 6.34. The number of fused-ring (bicyclic) bond motifs is 1. The first kappa shape index (κ1) is 15.5. The third kappa shape index (κ3) is 3.06. The van der Waals surface area contributed by atoms with Crippen LogP contribution in [0.3, 0.4) is 0 Å². The van der Waals surface area contributed by atoms with Gasteiger partial charge in [-0.3, -0.25) is 9.59 Å². The summed E-state index contributed by atoms with van der Waals surface area (Å²) in [5.41, 5.74) is 1.53. The van der Waals surface area contributed by atoms with Gasteiger partial charge in [-0.1, -0.05) is 16.8 Å². The standard InChI is InChI=1S/C15H14ClN3O4/c1-17-14(20)8-2-3-10(16)11(6-8)18-15(21)13-9-7-22-5-4-12(9)23-19-13/h2-3,6H,4-5,7H2,1H3,(H,17,20)(H,18,21). The minimum atomic E-state index is -0.462. The number of ether oxygens (including phenoxy) is 1. The van der Waals surface area contributed by atoms with E-state index in [0.29, 0.717) is 40.6 Å². The highest BCUT2D eigenvalue weighted by Crippen LogP contribution is 2.25. The van der Waals surface area contributed by atoms with Gasteiger partial charge in [0.2, 0.25) is 0 Å². The minimum absolute atomic E-state index is 0.168. The lowest BCUT2D eigenvalue weighted by Gasteiger charge is -2.11. The van der Waals surface area contributed by atoms with E-state index >= 15 is 0 Å². The number of rotatable bonds is 3. The van der Waals surface area contributed by atoms with Gasteiger partial charge in [-0.25, -0.2) is 0 Å². The molecule has 2 N–H and O–H groups in total. The number of amides is 2. The van der Waals surface area contributed by atoms with Gasteiger partial charge >= 0.3 is 0 Å². The van der Waals surface area contributed by atoms with Crippen molar-refractivity contribution in [1.82, 2.24) is 10.5 Å². The summed E-state index contributed by atoms with van der Waals surface area (Å²) in [6.07, 6.45) is 0.586. The van der Waals surface area contributed by atoms with Crippen LogP contribution in [-0.2, 0) is 17.8 Å². The van der Waals surface area contributed by atoms with Crippen LogP contribution < -0.4 is 10.6 Å². The quantitative estimate of drug-likeness (QED) is 0.895. The number of carbonyl (C=O) groups excluding carboxylic acids is 2. The van der Waals surface area contributed by atoms with Crippen LogP contribution in [0.15, 0.2) is 22.7 Å². The predicted octanol–water partition coefficient (Wildman–Crippen LogP) is 2.01. The fourth-order valence-corrected chi connectivity index (χ4v) is 2.46. The van der Waals surface area contributed by atoms with Crippen molar-refractivity contribution in [2.24, 2.45) is 0 Å². The smallest absolute Gasteiger partial charge is 0.278 e. The SMILES string of the molecule is CNC(=O)c1ccc(Cl)c(NC(=O)c2noc3c2COCC3)c1. The molecule has 3 rings (SSSR count). The lowest BCUT2D eigenvalue weighted by Crippen LogP contribution is -2.19. The minimum Gasteiger partial charge on any atom is -0.376 e. The van der Waals surface area contributed by atoms with Gasteiger partial charge in [0.25, 0.3) is 11.8 Å². The zero-order valence-corrected chi connectivity index (χ0v) is 13.1. The van der Waals surface area contributed by atoms with Gasteiger partial charge in [0, 0.05) is 19.0 Å². The molecular weight excluding hydrogens is 322 g/mol. The van der Waals surface area contributed by atoms with E-state index in [4.69, 9.17) is 20.9 Å². The molecule has 0 unspecified atom stereocenters. The van der Waals surface area contributed by atoms with Crippen LogP contribution in [0.5, 0.6) is 0 Å². The maximum atomic E-state index is 12.4. The molecule has 23 heavy (non-hydrogen) atoms. The van der Waals surface area contributed by atoms with E-state index in [1.165, 1.54) is 13.1 Å². The van der Waals surface area contributed by atoms with Crippen LogP contribution in [-0.4, -0.2) is 30.6 Å². The fourth-order valence-electron chi connectivity index (χ4n) is 2.29. The Morgan fingerprint density at radius 1 is 1.30 bits per heavy atom. The Morgan fingerprint density at radius 2 is 2.13 bits per heavy atom. The molecule has 8 heteroatoms. The van der Waals surface area contributed by atoms with Gasteiger partial charge in [-0.15, -0.1) is 0 Å². The van der Waals surface area contributed by atoms with E-state index in [9.17, 15) is 9.59 Å². The molecule has 0 aliphatic carbocycles. The van der Waals surface area contributed by atoms with Crippen molar-refractivity contribution in [2.75, 3.05) is 19.0 Å². The lowest BCUT2D eigenvalue weighted by molar-refractivity contribution is 0.0960. The van der Waals surface area contributed by atoms with E-state index < -0.39 is 5.91 Å². The number of hydrogen-bond acceptors (Lipinski definition) is 5. The van der Waals surface area contributed by atoms with E-state index in [1.807, 2.05) is 0 Å². The first-order chi connectivity index (χ1) is 11.1. The Hall–Kier alpha value is -2.38. The largest absolute Gasteiger partial charge is 0.376 e. The third-order valence-corrected chi connectivity index (χ3v) is 3.84. The zero-order valence-electron chi connectivity index (χ0n) is 12.3. The number of halogens is 1. The van der Waals surface area contributed by atoms with Crippen molar-refractivity contribution in [1.29, 1.82) is 0 Å². The normalized spacial score (nSPS) is 13.3. The molecular formula is C15H14ClN3O4. The molecule has 0 atom stereocenters. The van der Waals surface area contributed by atoms with Crippen LogP contribution in [0.4, 0.5) is 5.69 Å². The molecule has 0 bridgehead atoms. The van der Waals surface area contributed by atoms with Crippen LogP contribution in [0, 0.1) is 0 Å². The number of nitrogens with zero attached hydrogens (tertiary/aromatic N) is 1. The Bertz CT molecular complexity index is 772. The zero-order chi connectivity index (χ0) is 16.4. The predicted molar refractivity (Wildman–Crippen MR) is 82.7 cm³/mol. The third-order valence-electron chi connectivity index (χ3n) is 3.51. The molecule has 2 aromatic rings. The molecule has 1 aliphatic heterocycles. The second-order valence-electron chi connectivity index (χ2n) is 4.96. The number of hydrogen-bond donors (Lipinski definition) is 2. The molecule has 120 valence electrons. The lowest BCUT2D eigenvalue weighted by atomic mass is 10.1. The monoisotopic (exact) mass is 335 g/mol. The van der Waals surface area contributed by atoms with Crippen molar-refractivity contribution in [3.8, 4) is 0 Å². The summed E-state index contributed by atoms with van der Waals surface area (Å²) in [7, 11) is 1.52. The number of benzene rings is 1. The maximum Gasteiger partial charge on any atom is 0.278 e. The second kappa shape index (κ2) is 6.39. The number of nitrogens with one attached hydrogen (secondary N) is 2. The van der Waals surface area contributed by atoms with Crippen LogP contribution in [0.2, 0.25) is 5.02 Å². The highest BCUT2D eigenvalue weighted by Gasteiger charge is 2.25. The second-order valence-corrected chi connectivity index (χ2v) is 5.37. The van der Waals surface area contributed by atoms with E-state index in [0.717, 1.165) is 0 Å². The van der Waals surface area contributed by atoms with Gasteiger partial charge in [0.15, 0.2) is 5.69 Å². The first-order valence-electron chi connectivity index (χ1n) is 6.98. The summed E-state index contributed by atoms with van der Waals surface area (Å²) in [4.78, 5) is 24.1. The number of carbonyl (C=O) groups is 2. The summed E-state index contributed by atoms with van der Waals surface area (Å²) < 4.78 is 10.5. The molecule has 0 spiro atoms. The van der Waals surface area contributed by atoms with E-state index in [-0.39, 0.29) is 18.2 Å². The van der Waals surface area contributed by atoms with Crippen LogP contribution in [0.1, 0.15) is 32.2 Å². The molecule has 0 saturated heterocycles. The van der Waals surface area contributed by atoms with Gasteiger partial charge < -0.3 is 19.9 Å². The summed E-state index contributed by atoms with van der Waals surface area (Å²) >= 11 is 6.08. The van der Waals surface area contributed by atoms with Crippen molar-refractivity contribution >= 4 is 29.1 Å². The summed E-state index contributed by atoms with van der Waals surface area (Å²) in [6, 6.07) is 4.62. The van der Waals surface area contributed by atoms with E-state index in [1.54, 1.807) is 12.1 Å². The topological polar surface area (TPSA) is 93.5 Å². The molecule has 1 aromatic carbocycles. The molecule has 0 fully saturated rings. The van der Waals surface area contributed by atoms with Crippen molar-refractivity contribution in [2.45, 2.75) is 13.0 Å². The van der Waals surface area contributed by atoms with E-state index in [2.05, 4.69) is 15.8 Å². The van der Waals surface area contributed by atoms with Gasteiger partial charge in [-0.05, 0) is 18.2 Å². The molecule has 1 aliphatic rings. The average Bonchev–Trinajstić information content (AvgIpc) is 3.00. The molecule has 0 saturated carbocycles. The number of aromatic nitrogens is 1. The first-order valence-corrected chi connectivity index (χ1v) is 7.36. The molecule has 7 nitrogen and oxygen atoms in total. The Balaban J connectivity index is 1.85. The van der Waals surface area contributed by atoms with Gasteiger partial charge in [0.05, 0.1) is 29.5 Å². The molecule has 2 amide bonds. The maximum absolute atomic E-state index is 12.4. The Labute approximate surface area is 136 Å². The summed E-state index contributed by atoms with van der Waals surface area (Å²) in [6.45, 7) is 0.830. The fraction of sp³-hybridized carbons (Fsp3) is 0.267. The summed E-state index contributed by atoms with van der Waals surface area (Å²) in [5.74, 6) is -0.0764. The van der Waals surface area contributed by atoms with Crippen molar-refractivity contribution < 1.29 is 18.8 Å². The van der Waals surface area contributed by atoms with Gasteiger partial charge in [-0.2, -0.15) is 0 Å². The van der Waals surface area contributed by atoms with Crippen LogP contribution >= 0.6 is 11.6 Å². The van der Waals surface area contributed by atoms with Crippen LogP contribution in [0.25, 0.3) is 0 Å².